The number of aromatic nitrogens is 3. The van der Waals surface area contributed by atoms with Gasteiger partial charge in [-0.05, 0) is 31.5 Å². The lowest BCUT2D eigenvalue weighted by Gasteiger charge is -2.23. The molecule has 3 aromatic rings. The minimum Gasteiger partial charge on any atom is -0.322 e. The number of nitrogens with zero attached hydrogens (tertiary/aromatic N) is 5. The fraction of sp³-hybridized carbons (Fsp3) is 0.333. The monoisotopic (exact) mass is 305 g/mol. The van der Waals surface area contributed by atoms with Crippen molar-refractivity contribution in [1.82, 2.24) is 19.1 Å². The van der Waals surface area contributed by atoms with Crippen molar-refractivity contribution in [3.8, 4) is 6.07 Å². The van der Waals surface area contributed by atoms with Gasteiger partial charge >= 0.3 is 0 Å². The van der Waals surface area contributed by atoms with E-state index in [1.54, 1.807) is 0 Å². The van der Waals surface area contributed by atoms with Crippen LogP contribution in [0.1, 0.15) is 35.6 Å². The summed E-state index contributed by atoms with van der Waals surface area (Å²) in [5.74, 6) is 0. The van der Waals surface area contributed by atoms with Gasteiger partial charge in [0.25, 0.3) is 0 Å². The van der Waals surface area contributed by atoms with E-state index >= 15 is 0 Å². The zero-order chi connectivity index (χ0) is 15.8. The lowest BCUT2D eigenvalue weighted by Crippen LogP contribution is -2.22. The van der Waals surface area contributed by atoms with E-state index in [-0.39, 0.29) is 0 Å². The molecule has 1 aliphatic rings. The minimum atomic E-state index is 0.401. The summed E-state index contributed by atoms with van der Waals surface area (Å²) in [6.07, 6.45) is 10.5. The Morgan fingerprint density at radius 2 is 2.26 bits per heavy atom. The van der Waals surface area contributed by atoms with Crippen molar-refractivity contribution in [1.29, 1.82) is 5.26 Å². The third-order valence-corrected chi connectivity index (χ3v) is 4.72. The molecule has 0 N–H and O–H groups in total. The fourth-order valence-electron chi connectivity index (χ4n) is 3.65. The number of nitriles is 1. The number of pyridine rings is 1. The van der Waals surface area contributed by atoms with Gasteiger partial charge in [-0.15, -0.1) is 0 Å². The van der Waals surface area contributed by atoms with E-state index in [0.717, 1.165) is 36.2 Å². The molecule has 4 rings (SSSR count). The first kappa shape index (κ1) is 14.0. The Labute approximate surface area is 135 Å². The summed E-state index contributed by atoms with van der Waals surface area (Å²) in [6, 6.07) is 8.77. The molecule has 1 saturated heterocycles. The van der Waals surface area contributed by atoms with Gasteiger partial charge < -0.3 is 4.40 Å². The molecule has 0 aromatic carbocycles. The number of hydrogen-bond donors (Lipinski definition) is 0. The van der Waals surface area contributed by atoms with E-state index < -0.39 is 0 Å². The van der Waals surface area contributed by atoms with Gasteiger partial charge in [-0.1, -0.05) is 6.07 Å². The second-order valence-electron chi connectivity index (χ2n) is 6.21. The Morgan fingerprint density at radius 1 is 1.35 bits per heavy atom. The Balaban J connectivity index is 1.66. The Bertz CT molecular complexity index is 882. The van der Waals surface area contributed by atoms with E-state index in [1.807, 2.05) is 46.7 Å². The normalized spacial score (nSPS) is 18.5. The van der Waals surface area contributed by atoms with Crippen LogP contribution in [0.15, 0.2) is 43.0 Å². The lowest BCUT2D eigenvalue weighted by atomic mass is 10.1. The smallest absolute Gasteiger partial charge is 0.102 e. The maximum absolute atomic E-state index is 9.57. The van der Waals surface area contributed by atoms with Crippen LogP contribution in [0.3, 0.4) is 0 Å². The van der Waals surface area contributed by atoms with Crippen molar-refractivity contribution in [2.75, 3.05) is 6.54 Å². The van der Waals surface area contributed by atoms with Crippen LogP contribution in [-0.2, 0) is 13.6 Å². The highest BCUT2D eigenvalue weighted by atomic mass is 15.3. The summed E-state index contributed by atoms with van der Waals surface area (Å²) in [7, 11) is 1.96. The summed E-state index contributed by atoms with van der Waals surface area (Å²) in [5.41, 5.74) is 4.16. The lowest BCUT2D eigenvalue weighted by molar-refractivity contribution is 0.248. The summed E-state index contributed by atoms with van der Waals surface area (Å²) < 4.78 is 3.91. The van der Waals surface area contributed by atoms with E-state index in [4.69, 9.17) is 0 Å². The van der Waals surface area contributed by atoms with Gasteiger partial charge in [-0.2, -0.15) is 10.4 Å². The van der Waals surface area contributed by atoms with Gasteiger partial charge in [0.2, 0.25) is 0 Å². The number of hydrogen-bond acceptors (Lipinski definition) is 3. The average molecular weight is 305 g/mol. The molecule has 1 fully saturated rings. The highest BCUT2D eigenvalue weighted by Crippen LogP contribution is 2.33. The third kappa shape index (κ3) is 2.41. The molecule has 0 saturated carbocycles. The molecule has 1 unspecified atom stereocenters. The molecule has 0 radical (unpaired) electrons. The Morgan fingerprint density at radius 3 is 3.04 bits per heavy atom. The van der Waals surface area contributed by atoms with Gasteiger partial charge in [-0.25, -0.2) is 0 Å². The maximum Gasteiger partial charge on any atom is 0.102 e. The van der Waals surface area contributed by atoms with Crippen LogP contribution in [0.25, 0.3) is 5.52 Å². The largest absolute Gasteiger partial charge is 0.322 e. The Hall–Kier alpha value is -2.58. The van der Waals surface area contributed by atoms with Crippen molar-refractivity contribution >= 4 is 5.52 Å². The van der Waals surface area contributed by atoms with Crippen LogP contribution < -0.4 is 0 Å². The molecule has 0 spiro atoms. The molecule has 23 heavy (non-hydrogen) atoms. The average Bonchev–Trinajstić information content (AvgIpc) is 3.25. The number of fused-ring (bicyclic) bond motifs is 1. The van der Waals surface area contributed by atoms with Crippen molar-refractivity contribution < 1.29 is 0 Å². The molecule has 5 nitrogen and oxygen atoms in total. The van der Waals surface area contributed by atoms with Crippen molar-refractivity contribution in [2.24, 2.45) is 7.05 Å². The minimum absolute atomic E-state index is 0.401. The third-order valence-electron chi connectivity index (χ3n) is 4.72. The molecule has 1 atom stereocenters. The quantitative estimate of drug-likeness (QED) is 0.747. The summed E-state index contributed by atoms with van der Waals surface area (Å²) in [4.78, 5) is 2.46. The number of likely N-dealkylation sites (tertiary alicyclic amines) is 1. The molecule has 116 valence electrons. The Kier molecular flexibility index (Phi) is 3.40. The second-order valence-corrected chi connectivity index (χ2v) is 6.21. The molecular formula is C18H19N5. The first-order chi connectivity index (χ1) is 11.3. The first-order valence-electron chi connectivity index (χ1n) is 7.97. The summed E-state index contributed by atoms with van der Waals surface area (Å²) >= 11 is 0. The second kappa shape index (κ2) is 5.56. The van der Waals surface area contributed by atoms with Gasteiger partial charge in [0, 0.05) is 49.4 Å². The number of rotatable bonds is 3. The van der Waals surface area contributed by atoms with Gasteiger partial charge in [0.15, 0.2) is 0 Å². The van der Waals surface area contributed by atoms with E-state index in [2.05, 4.69) is 28.5 Å². The standard InChI is InChI=1S/C18H19N5/c1-21-11-14(10-20-21)17-6-4-8-22(17)12-15-13-23-7-3-2-5-18(23)16(15)9-19/h2-3,5,7,10-11,13,17H,4,6,8,12H2,1H3. The van der Waals surface area contributed by atoms with Crippen molar-refractivity contribution in [3.05, 3.63) is 59.7 Å². The van der Waals surface area contributed by atoms with Crippen LogP contribution in [0.2, 0.25) is 0 Å². The van der Waals surface area contributed by atoms with Gasteiger partial charge in [0.05, 0.1) is 17.3 Å². The van der Waals surface area contributed by atoms with E-state index in [9.17, 15) is 5.26 Å². The van der Waals surface area contributed by atoms with Gasteiger partial charge in [0.1, 0.15) is 6.07 Å². The van der Waals surface area contributed by atoms with E-state index in [1.165, 1.54) is 12.0 Å². The molecule has 1 aliphatic heterocycles. The molecule has 0 aliphatic carbocycles. The predicted molar refractivity (Wildman–Crippen MR) is 87.7 cm³/mol. The topological polar surface area (TPSA) is 49.3 Å². The molecule has 3 aromatic heterocycles. The van der Waals surface area contributed by atoms with Crippen molar-refractivity contribution in [3.63, 3.8) is 0 Å². The fourth-order valence-corrected chi connectivity index (χ4v) is 3.65. The van der Waals surface area contributed by atoms with Crippen LogP contribution in [-0.4, -0.2) is 25.6 Å². The molecule has 0 amide bonds. The first-order valence-corrected chi connectivity index (χ1v) is 7.97. The van der Waals surface area contributed by atoms with Crippen LogP contribution in [0.4, 0.5) is 0 Å². The van der Waals surface area contributed by atoms with Crippen LogP contribution >= 0.6 is 0 Å². The summed E-state index contributed by atoms with van der Waals surface area (Å²) in [5, 5.41) is 13.9. The molecule has 5 heteroatoms. The predicted octanol–water partition coefficient (Wildman–Crippen LogP) is 2.88. The van der Waals surface area contributed by atoms with E-state index in [0.29, 0.717) is 6.04 Å². The van der Waals surface area contributed by atoms with Crippen LogP contribution in [0, 0.1) is 11.3 Å². The highest BCUT2D eigenvalue weighted by molar-refractivity contribution is 5.65. The SMILES string of the molecule is Cn1cc(C2CCCN2Cc2cn3ccccc3c2C#N)cn1. The van der Waals surface area contributed by atoms with Crippen molar-refractivity contribution in [2.45, 2.75) is 25.4 Å². The zero-order valence-corrected chi connectivity index (χ0v) is 13.2. The summed E-state index contributed by atoms with van der Waals surface area (Å²) in [6.45, 7) is 1.88. The highest BCUT2D eigenvalue weighted by Gasteiger charge is 2.28. The zero-order valence-electron chi connectivity index (χ0n) is 13.2. The number of aryl methyl sites for hydroxylation is 1. The molecule has 0 bridgehead atoms. The van der Waals surface area contributed by atoms with Crippen LogP contribution in [0.5, 0.6) is 0 Å². The maximum atomic E-state index is 9.57. The molecule has 4 heterocycles. The molecular weight excluding hydrogens is 286 g/mol. The van der Waals surface area contributed by atoms with Gasteiger partial charge in [-0.3, -0.25) is 9.58 Å².